The average Bonchev–Trinajstić information content (AvgIpc) is 2.41. The van der Waals surface area contributed by atoms with E-state index in [1.165, 1.54) is 6.08 Å². The van der Waals surface area contributed by atoms with E-state index in [0.717, 1.165) is 23.6 Å². The van der Waals surface area contributed by atoms with E-state index in [1.807, 2.05) is 25.1 Å². The molecule has 0 fully saturated rings. The van der Waals surface area contributed by atoms with E-state index in [9.17, 15) is 9.59 Å². The third-order valence-electron chi connectivity index (χ3n) is 2.36. The van der Waals surface area contributed by atoms with Crippen LogP contribution in [0.25, 0.3) is 6.08 Å². The Labute approximate surface area is 112 Å². The average molecular weight is 262 g/mol. The summed E-state index contributed by atoms with van der Waals surface area (Å²) in [5, 5.41) is 14.0. The summed E-state index contributed by atoms with van der Waals surface area (Å²) in [5.41, 5.74) is 1.70. The highest BCUT2D eigenvalue weighted by Gasteiger charge is 1.99. The van der Waals surface area contributed by atoms with Gasteiger partial charge in [0.2, 0.25) is 0 Å². The van der Waals surface area contributed by atoms with E-state index in [4.69, 9.17) is 5.11 Å². The maximum Gasteiger partial charge on any atom is 0.328 e. The first-order valence-corrected chi connectivity index (χ1v) is 6.13. The molecule has 0 unspecified atom stereocenters. The molecule has 0 bridgehead atoms. The second-order valence-corrected chi connectivity index (χ2v) is 4.03. The molecule has 0 heterocycles. The zero-order chi connectivity index (χ0) is 14.1. The highest BCUT2D eigenvalue weighted by atomic mass is 16.4. The molecule has 0 aliphatic heterocycles. The Bertz CT molecular complexity index is 470. The lowest BCUT2D eigenvalue weighted by atomic mass is 10.1. The molecule has 5 heteroatoms. The van der Waals surface area contributed by atoms with Gasteiger partial charge in [-0.3, -0.25) is 0 Å². The molecule has 3 N–H and O–H groups in total. The Hall–Kier alpha value is -2.30. The van der Waals surface area contributed by atoms with Gasteiger partial charge in [-0.1, -0.05) is 25.1 Å². The molecule has 19 heavy (non-hydrogen) atoms. The molecule has 1 rings (SSSR count). The summed E-state index contributed by atoms with van der Waals surface area (Å²) in [5.74, 6) is -0.984. The van der Waals surface area contributed by atoms with Gasteiger partial charge in [-0.25, -0.2) is 9.59 Å². The Morgan fingerprint density at radius 3 is 2.79 bits per heavy atom. The van der Waals surface area contributed by atoms with E-state index in [0.29, 0.717) is 13.1 Å². The predicted octanol–water partition coefficient (Wildman–Crippen LogP) is 1.99. The van der Waals surface area contributed by atoms with Crippen molar-refractivity contribution in [2.24, 2.45) is 0 Å². The summed E-state index contributed by atoms with van der Waals surface area (Å²) in [7, 11) is 0. The highest BCUT2D eigenvalue weighted by molar-refractivity contribution is 5.85. The molecule has 0 aliphatic carbocycles. The Morgan fingerprint density at radius 1 is 1.32 bits per heavy atom. The fourth-order valence-corrected chi connectivity index (χ4v) is 1.46. The molecule has 0 aromatic heterocycles. The number of urea groups is 1. The van der Waals surface area contributed by atoms with Crippen LogP contribution in [0.2, 0.25) is 0 Å². The third-order valence-corrected chi connectivity index (χ3v) is 2.36. The smallest absolute Gasteiger partial charge is 0.328 e. The van der Waals surface area contributed by atoms with Crippen molar-refractivity contribution in [2.75, 3.05) is 6.54 Å². The van der Waals surface area contributed by atoms with Crippen molar-refractivity contribution in [3.05, 3.63) is 41.5 Å². The summed E-state index contributed by atoms with van der Waals surface area (Å²) in [6.45, 7) is 3.04. The van der Waals surface area contributed by atoms with Crippen LogP contribution in [0.1, 0.15) is 24.5 Å². The molecule has 0 radical (unpaired) electrons. The molecule has 0 saturated heterocycles. The second kappa shape index (κ2) is 7.92. The molecule has 0 saturated carbocycles. The summed E-state index contributed by atoms with van der Waals surface area (Å²) >= 11 is 0. The first-order valence-electron chi connectivity index (χ1n) is 6.13. The van der Waals surface area contributed by atoms with Crippen LogP contribution in [-0.4, -0.2) is 23.7 Å². The van der Waals surface area contributed by atoms with Crippen LogP contribution >= 0.6 is 0 Å². The van der Waals surface area contributed by atoms with Gasteiger partial charge >= 0.3 is 12.0 Å². The Kier molecular flexibility index (Phi) is 6.15. The largest absolute Gasteiger partial charge is 0.478 e. The number of hydrogen-bond donors (Lipinski definition) is 3. The van der Waals surface area contributed by atoms with Crippen molar-refractivity contribution in [2.45, 2.75) is 19.9 Å². The van der Waals surface area contributed by atoms with E-state index >= 15 is 0 Å². The van der Waals surface area contributed by atoms with Crippen LogP contribution in [-0.2, 0) is 11.3 Å². The minimum Gasteiger partial charge on any atom is -0.478 e. The molecular formula is C14H18N2O3. The quantitative estimate of drug-likeness (QED) is 0.686. The first-order chi connectivity index (χ1) is 9.11. The lowest BCUT2D eigenvalue weighted by Gasteiger charge is -2.07. The van der Waals surface area contributed by atoms with Gasteiger partial charge in [-0.15, -0.1) is 0 Å². The number of carboxylic acids is 1. The fourth-order valence-electron chi connectivity index (χ4n) is 1.46. The van der Waals surface area contributed by atoms with Gasteiger partial charge in [0.25, 0.3) is 0 Å². The van der Waals surface area contributed by atoms with Crippen molar-refractivity contribution < 1.29 is 14.7 Å². The minimum absolute atomic E-state index is 0.201. The van der Waals surface area contributed by atoms with Gasteiger partial charge in [-0.05, 0) is 29.7 Å². The van der Waals surface area contributed by atoms with Gasteiger partial charge < -0.3 is 15.7 Å². The maximum atomic E-state index is 11.4. The minimum atomic E-state index is -0.984. The fraction of sp³-hybridized carbons (Fsp3) is 0.286. The van der Waals surface area contributed by atoms with Crippen LogP contribution < -0.4 is 10.6 Å². The number of benzene rings is 1. The van der Waals surface area contributed by atoms with Crippen molar-refractivity contribution >= 4 is 18.1 Å². The van der Waals surface area contributed by atoms with Gasteiger partial charge in [0.05, 0.1) is 0 Å². The normalized spacial score (nSPS) is 10.4. The standard InChI is InChI=1S/C14H18N2O3/c1-2-8-15-14(19)16-10-12-5-3-4-11(9-12)6-7-13(17)18/h3-7,9H,2,8,10H2,1H3,(H,17,18)(H2,15,16,19)/b7-6+. The molecule has 0 aliphatic rings. The van der Waals surface area contributed by atoms with Gasteiger partial charge in [0.1, 0.15) is 0 Å². The Balaban J connectivity index is 2.52. The Morgan fingerprint density at radius 2 is 2.11 bits per heavy atom. The van der Waals surface area contributed by atoms with Crippen LogP contribution in [0, 0.1) is 0 Å². The molecule has 5 nitrogen and oxygen atoms in total. The number of carboxylic acid groups (broad SMARTS) is 1. The molecule has 0 atom stereocenters. The van der Waals surface area contributed by atoms with Gasteiger partial charge in [-0.2, -0.15) is 0 Å². The summed E-state index contributed by atoms with van der Waals surface area (Å²) < 4.78 is 0. The summed E-state index contributed by atoms with van der Waals surface area (Å²) in [6, 6.07) is 7.13. The van der Waals surface area contributed by atoms with E-state index in [-0.39, 0.29) is 6.03 Å². The van der Waals surface area contributed by atoms with Crippen molar-refractivity contribution in [1.82, 2.24) is 10.6 Å². The van der Waals surface area contributed by atoms with E-state index in [1.54, 1.807) is 6.07 Å². The van der Waals surface area contributed by atoms with Crippen molar-refractivity contribution in [3.63, 3.8) is 0 Å². The molecule has 1 aromatic carbocycles. The molecule has 0 spiro atoms. The SMILES string of the molecule is CCCNC(=O)NCc1cccc(/C=C/C(=O)O)c1. The topological polar surface area (TPSA) is 78.4 Å². The van der Waals surface area contributed by atoms with Crippen LogP contribution in [0.3, 0.4) is 0 Å². The monoisotopic (exact) mass is 262 g/mol. The van der Waals surface area contributed by atoms with E-state index < -0.39 is 5.97 Å². The zero-order valence-electron chi connectivity index (χ0n) is 10.8. The summed E-state index contributed by atoms with van der Waals surface area (Å²) in [6.07, 6.45) is 3.49. The second-order valence-electron chi connectivity index (χ2n) is 4.03. The third kappa shape index (κ3) is 6.26. The molecule has 102 valence electrons. The zero-order valence-corrected chi connectivity index (χ0v) is 10.8. The van der Waals surface area contributed by atoms with Crippen molar-refractivity contribution in [1.29, 1.82) is 0 Å². The number of carbonyl (C=O) groups is 2. The summed E-state index contributed by atoms with van der Waals surface area (Å²) in [4.78, 5) is 21.8. The maximum absolute atomic E-state index is 11.4. The van der Waals surface area contributed by atoms with Gasteiger partial charge in [0.15, 0.2) is 0 Å². The molecule has 1 aromatic rings. The number of amides is 2. The number of rotatable bonds is 6. The predicted molar refractivity (Wildman–Crippen MR) is 73.6 cm³/mol. The number of aliphatic carboxylic acids is 1. The molecular weight excluding hydrogens is 244 g/mol. The first kappa shape index (κ1) is 14.8. The lowest BCUT2D eigenvalue weighted by molar-refractivity contribution is -0.131. The number of hydrogen-bond acceptors (Lipinski definition) is 2. The molecule has 2 amide bonds. The van der Waals surface area contributed by atoms with Crippen molar-refractivity contribution in [3.8, 4) is 0 Å². The highest BCUT2D eigenvalue weighted by Crippen LogP contribution is 2.07. The van der Waals surface area contributed by atoms with E-state index in [2.05, 4.69) is 10.6 Å². The van der Waals surface area contributed by atoms with Crippen LogP contribution in [0.5, 0.6) is 0 Å². The number of carbonyl (C=O) groups excluding carboxylic acids is 1. The number of nitrogens with one attached hydrogen (secondary N) is 2. The van der Waals surface area contributed by atoms with Gasteiger partial charge in [0, 0.05) is 19.2 Å². The van der Waals surface area contributed by atoms with Crippen LogP contribution in [0.15, 0.2) is 30.3 Å². The lowest BCUT2D eigenvalue weighted by Crippen LogP contribution is -2.35. The van der Waals surface area contributed by atoms with Crippen LogP contribution in [0.4, 0.5) is 4.79 Å².